The molecule has 0 aliphatic carbocycles. The molecule has 1 saturated heterocycles. The lowest BCUT2D eigenvalue weighted by Gasteiger charge is -2.15. The maximum absolute atomic E-state index is 14.2. The predicted molar refractivity (Wildman–Crippen MR) is 163 cm³/mol. The van der Waals surface area contributed by atoms with Crippen LogP contribution in [-0.2, 0) is 13.6 Å². The second-order valence-electron chi connectivity index (χ2n) is 10.5. The monoisotopic (exact) mass is 576 g/mol. The van der Waals surface area contributed by atoms with Gasteiger partial charge in [0.05, 0.1) is 6.54 Å². The third kappa shape index (κ3) is 4.95. The highest BCUT2D eigenvalue weighted by atomic mass is 32.1. The zero-order chi connectivity index (χ0) is 28.6. The van der Waals surface area contributed by atoms with Crippen LogP contribution in [-0.4, -0.2) is 64.8 Å². The molecule has 1 aliphatic rings. The van der Waals surface area contributed by atoms with Gasteiger partial charge in [-0.3, -0.25) is 9.36 Å². The van der Waals surface area contributed by atoms with Gasteiger partial charge in [-0.2, -0.15) is 4.98 Å². The van der Waals surface area contributed by atoms with E-state index in [1.54, 1.807) is 28.7 Å². The number of aromatic nitrogens is 8. The number of hydrogen-bond donors (Lipinski definition) is 1. The average Bonchev–Trinajstić information content (AvgIpc) is 3.78. The van der Waals surface area contributed by atoms with Crippen LogP contribution in [0.15, 0.2) is 77.2 Å². The summed E-state index contributed by atoms with van der Waals surface area (Å²) in [6.45, 7) is 2.50. The third-order valence-electron chi connectivity index (χ3n) is 7.71. The number of benzene rings is 2. The summed E-state index contributed by atoms with van der Waals surface area (Å²) in [7, 11) is 3.94. The Labute approximate surface area is 245 Å². The van der Waals surface area contributed by atoms with Crippen molar-refractivity contribution in [2.75, 3.05) is 25.5 Å². The summed E-state index contributed by atoms with van der Waals surface area (Å²) in [4.78, 5) is 30.4. The van der Waals surface area contributed by atoms with Crippen LogP contribution in [0.1, 0.15) is 22.9 Å². The Morgan fingerprint density at radius 1 is 1.02 bits per heavy atom. The van der Waals surface area contributed by atoms with Gasteiger partial charge in [0.2, 0.25) is 5.95 Å². The molecule has 2 aromatic carbocycles. The van der Waals surface area contributed by atoms with Crippen LogP contribution < -0.4 is 10.9 Å². The van der Waals surface area contributed by atoms with Gasteiger partial charge in [-0.25, -0.2) is 14.6 Å². The quantitative estimate of drug-likeness (QED) is 0.296. The zero-order valence-electron chi connectivity index (χ0n) is 23.2. The van der Waals surface area contributed by atoms with Gasteiger partial charge in [-0.15, -0.1) is 16.4 Å². The molecule has 0 bridgehead atoms. The molecule has 1 fully saturated rings. The minimum Gasteiger partial charge on any atom is -0.324 e. The first-order chi connectivity index (χ1) is 20.5. The number of anilines is 2. The Morgan fingerprint density at radius 3 is 2.57 bits per heavy atom. The van der Waals surface area contributed by atoms with Crippen molar-refractivity contribution in [1.29, 1.82) is 0 Å². The molecule has 0 spiro atoms. The van der Waals surface area contributed by atoms with Gasteiger partial charge in [0.15, 0.2) is 5.82 Å². The molecular weight excluding hydrogens is 548 g/mol. The standard InChI is InChI=1S/C30H28N10OS/c1-38-13-11-20(17-38)19-7-9-22(10-8-19)33-30-32-16-21-15-25(23-5-3-4-6-24(23)28-35-36-37-39(28)2)29(41)40(27(21)34-30)18-26-31-12-14-42-26/h3-10,12,14-16,20H,11,13,17-18H2,1-2H3,(H,32,33,34). The van der Waals surface area contributed by atoms with Crippen LogP contribution in [0.3, 0.4) is 0 Å². The van der Waals surface area contributed by atoms with E-state index in [4.69, 9.17) is 4.98 Å². The van der Waals surface area contributed by atoms with Gasteiger partial charge in [-0.05, 0) is 65.7 Å². The number of fused-ring (bicyclic) bond motifs is 1. The molecule has 1 unspecified atom stereocenters. The Hall–Kier alpha value is -4.81. The fourth-order valence-corrected chi connectivity index (χ4v) is 6.17. The van der Waals surface area contributed by atoms with Gasteiger partial charge < -0.3 is 10.2 Å². The highest BCUT2D eigenvalue weighted by Gasteiger charge is 2.21. The maximum atomic E-state index is 14.2. The fraction of sp³-hybridized carbons (Fsp3) is 0.233. The molecule has 1 aliphatic heterocycles. The number of nitrogens with one attached hydrogen (secondary N) is 1. The van der Waals surface area contributed by atoms with E-state index in [1.165, 1.54) is 23.3 Å². The number of pyridine rings is 1. The topological polar surface area (TPSA) is 120 Å². The fourth-order valence-electron chi connectivity index (χ4n) is 5.57. The summed E-state index contributed by atoms with van der Waals surface area (Å²) < 4.78 is 3.26. The Bertz CT molecular complexity index is 1930. The van der Waals surface area contributed by atoms with Crippen molar-refractivity contribution >= 4 is 34.0 Å². The molecule has 5 heterocycles. The summed E-state index contributed by atoms with van der Waals surface area (Å²) >= 11 is 1.50. The summed E-state index contributed by atoms with van der Waals surface area (Å²) in [5.41, 5.74) is 4.57. The normalized spacial score (nSPS) is 15.4. The van der Waals surface area contributed by atoms with E-state index >= 15 is 0 Å². The van der Waals surface area contributed by atoms with Crippen molar-refractivity contribution in [3.05, 3.63) is 93.3 Å². The summed E-state index contributed by atoms with van der Waals surface area (Å²) in [5, 5.41) is 18.7. The summed E-state index contributed by atoms with van der Waals surface area (Å²) in [6.07, 6.45) is 4.67. The van der Waals surface area contributed by atoms with Crippen LogP contribution in [0.5, 0.6) is 0 Å². The van der Waals surface area contributed by atoms with Gasteiger partial charge in [-0.1, -0.05) is 36.4 Å². The molecule has 210 valence electrons. The number of tetrazole rings is 1. The summed E-state index contributed by atoms with van der Waals surface area (Å²) in [5.74, 6) is 1.55. The highest BCUT2D eigenvalue weighted by Crippen LogP contribution is 2.31. The molecule has 42 heavy (non-hydrogen) atoms. The number of hydrogen-bond acceptors (Lipinski definition) is 10. The summed E-state index contributed by atoms with van der Waals surface area (Å²) in [6, 6.07) is 17.9. The average molecular weight is 577 g/mol. The lowest BCUT2D eigenvalue weighted by atomic mass is 9.98. The van der Waals surface area contributed by atoms with E-state index in [1.807, 2.05) is 35.7 Å². The smallest absolute Gasteiger partial charge is 0.260 e. The second kappa shape index (κ2) is 10.9. The van der Waals surface area contributed by atoms with E-state index < -0.39 is 0 Å². The van der Waals surface area contributed by atoms with E-state index in [0.29, 0.717) is 28.9 Å². The van der Waals surface area contributed by atoms with Gasteiger partial charge in [0.1, 0.15) is 10.7 Å². The van der Waals surface area contributed by atoms with Crippen molar-refractivity contribution in [2.24, 2.45) is 7.05 Å². The number of thiazole rings is 1. The van der Waals surface area contributed by atoms with E-state index in [-0.39, 0.29) is 12.1 Å². The van der Waals surface area contributed by atoms with Crippen molar-refractivity contribution in [3.63, 3.8) is 0 Å². The second-order valence-corrected chi connectivity index (χ2v) is 11.5. The number of aryl methyl sites for hydroxylation is 1. The molecule has 11 nitrogen and oxygen atoms in total. The Balaban J connectivity index is 1.29. The molecule has 6 aromatic rings. The molecule has 0 amide bonds. The zero-order valence-corrected chi connectivity index (χ0v) is 24.0. The van der Waals surface area contributed by atoms with Gasteiger partial charge >= 0.3 is 0 Å². The highest BCUT2D eigenvalue weighted by molar-refractivity contribution is 7.09. The first-order valence-electron chi connectivity index (χ1n) is 13.7. The SMILES string of the molecule is CN1CCC(c2ccc(Nc3ncc4cc(-c5ccccc5-c5nnnn5C)c(=O)n(Cc5nccs5)c4n3)cc2)C1. The van der Waals surface area contributed by atoms with Gasteiger partial charge in [0.25, 0.3) is 5.56 Å². The lowest BCUT2D eigenvalue weighted by molar-refractivity contribution is 0.411. The first-order valence-corrected chi connectivity index (χ1v) is 14.6. The molecular formula is C30H28N10OS. The molecule has 12 heteroatoms. The molecule has 0 saturated carbocycles. The molecule has 0 radical (unpaired) electrons. The first kappa shape index (κ1) is 26.1. The van der Waals surface area contributed by atoms with Crippen LogP contribution in [0.4, 0.5) is 11.6 Å². The van der Waals surface area contributed by atoms with E-state index in [2.05, 4.69) is 67.0 Å². The van der Waals surface area contributed by atoms with E-state index in [9.17, 15) is 4.79 Å². The van der Waals surface area contributed by atoms with Crippen LogP contribution in [0, 0.1) is 0 Å². The maximum Gasteiger partial charge on any atom is 0.260 e. The van der Waals surface area contributed by atoms with Crippen LogP contribution >= 0.6 is 11.3 Å². The number of likely N-dealkylation sites (N-methyl/N-ethyl adjacent to an activating group) is 1. The number of likely N-dealkylation sites (tertiary alicyclic amines) is 1. The molecule has 4 aromatic heterocycles. The molecule has 7 rings (SSSR count). The number of nitrogens with zero attached hydrogens (tertiary/aromatic N) is 9. The van der Waals surface area contributed by atoms with Crippen molar-refractivity contribution in [3.8, 4) is 22.5 Å². The van der Waals surface area contributed by atoms with Gasteiger partial charge in [0, 0.05) is 53.6 Å². The third-order valence-corrected chi connectivity index (χ3v) is 8.48. The van der Waals surface area contributed by atoms with Crippen molar-refractivity contribution in [2.45, 2.75) is 18.9 Å². The Kier molecular flexibility index (Phi) is 6.76. The molecule has 1 atom stereocenters. The lowest BCUT2D eigenvalue weighted by Crippen LogP contribution is -2.24. The van der Waals surface area contributed by atoms with Crippen molar-refractivity contribution in [1.82, 2.24) is 44.6 Å². The minimum atomic E-state index is -0.184. The minimum absolute atomic E-state index is 0.184. The van der Waals surface area contributed by atoms with E-state index in [0.717, 1.165) is 40.3 Å². The number of rotatable bonds is 7. The molecule has 1 N–H and O–H groups in total. The Morgan fingerprint density at radius 2 is 1.86 bits per heavy atom. The largest absolute Gasteiger partial charge is 0.324 e. The van der Waals surface area contributed by atoms with Crippen LogP contribution in [0.2, 0.25) is 0 Å². The predicted octanol–water partition coefficient (Wildman–Crippen LogP) is 4.32. The van der Waals surface area contributed by atoms with Crippen molar-refractivity contribution < 1.29 is 0 Å². The van der Waals surface area contributed by atoms with Crippen LogP contribution in [0.25, 0.3) is 33.5 Å².